The Labute approximate surface area is 107 Å². The lowest BCUT2D eigenvalue weighted by atomic mass is 10.3. The van der Waals surface area contributed by atoms with Crippen molar-refractivity contribution in [2.24, 2.45) is 7.05 Å². The van der Waals surface area contributed by atoms with Crippen LogP contribution in [0.5, 0.6) is 0 Å². The first-order valence-corrected chi connectivity index (χ1v) is 5.85. The summed E-state index contributed by atoms with van der Waals surface area (Å²) in [5.74, 6) is 0.413. The third-order valence-corrected chi connectivity index (χ3v) is 3.43. The van der Waals surface area contributed by atoms with Gasteiger partial charge in [-0.25, -0.2) is 0 Å². The molecule has 1 N–H and O–H groups in total. The summed E-state index contributed by atoms with van der Waals surface area (Å²) in [5, 5.41) is 28.0. The molecule has 0 bridgehead atoms. The van der Waals surface area contributed by atoms with E-state index in [-0.39, 0.29) is 12.3 Å². The third kappa shape index (κ3) is 2.34. The minimum Gasteiger partial charge on any atom is -0.388 e. The summed E-state index contributed by atoms with van der Waals surface area (Å²) in [7, 11) is 1.70. The fraction of sp³-hybridized carbons (Fsp3) is 0.200. The van der Waals surface area contributed by atoms with Gasteiger partial charge in [0.15, 0.2) is 11.0 Å². The number of rotatable bonds is 4. The van der Waals surface area contributed by atoms with Gasteiger partial charge in [-0.15, -0.1) is 10.2 Å². The highest BCUT2D eigenvalue weighted by molar-refractivity contribution is 7.99. The van der Waals surface area contributed by atoms with Gasteiger partial charge in [0.1, 0.15) is 6.61 Å². The minimum atomic E-state index is -0.439. The minimum absolute atomic E-state index is 0.0241. The largest absolute Gasteiger partial charge is 0.388 e. The van der Waals surface area contributed by atoms with Crippen LogP contribution in [0, 0.1) is 10.1 Å². The smallest absolute Gasteiger partial charge is 0.283 e. The molecule has 0 saturated heterocycles. The second kappa shape index (κ2) is 5.15. The molecule has 0 aliphatic rings. The standard InChI is InChI=1S/C10H10N4O3S/c1-13-9(6-15)11-12-10(13)18-8-5-3-2-4-7(8)14(16)17/h2-5,15H,6H2,1H3. The zero-order chi connectivity index (χ0) is 13.1. The lowest BCUT2D eigenvalue weighted by molar-refractivity contribution is -0.387. The molecule has 2 rings (SSSR count). The highest BCUT2D eigenvalue weighted by atomic mass is 32.2. The van der Waals surface area contributed by atoms with E-state index in [1.165, 1.54) is 6.07 Å². The van der Waals surface area contributed by atoms with E-state index >= 15 is 0 Å². The molecular weight excluding hydrogens is 256 g/mol. The van der Waals surface area contributed by atoms with Gasteiger partial charge >= 0.3 is 0 Å². The molecule has 0 unspecified atom stereocenters. The summed E-state index contributed by atoms with van der Waals surface area (Å²) in [5.41, 5.74) is 0.0241. The Bertz CT molecular complexity index is 584. The Morgan fingerprint density at radius 2 is 2.17 bits per heavy atom. The molecule has 18 heavy (non-hydrogen) atoms. The fourth-order valence-electron chi connectivity index (χ4n) is 1.36. The molecule has 0 amide bonds. The number of nitro groups is 1. The van der Waals surface area contributed by atoms with Crippen molar-refractivity contribution < 1.29 is 10.0 Å². The molecule has 0 atom stereocenters. The lowest BCUT2D eigenvalue weighted by Gasteiger charge is -2.02. The molecule has 7 nitrogen and oxygen atoms in total. The van der Waals surface area contributed by atoms with Gasteiger partial charge in [-0.2, -0.15) is 0 Å². The molecule has 1 aromatic heterocycles. The average Bonchev–Trinajstić information content (AvgIpc) is 2.71. The molecule has 8 heteroatoms. The first kappa shape index (κ1) is 12.5. The average molecular weight is 266 g/mol. The maximum Gasteiger partial charge on any atom is 0.283 e. The molecule has 0 aliphatic carbocycles. The zero-order valence-electron chi connectivity index (χ0n) is 9.48. The number of aliphatic hydroxyl groups excluding tert-OH is 1. The number of benzene rings is 1. The van der Waals surface area contributed by atoms with Crippen LogP contribution in [0.25, 0.3) is 0 Å². The van der Waals surface area contributed by atoms with E-state index in [0.717, 1.165) is 11.8 Å². The summed E-state index contributed by atoms with van der Waals surface area (Å²) in [6, 6.07) is 6.42. The van der Waals surface area contributed by atoms with Crippen LogP contribution in [-0.2, 0) is 13.7 Å². The highest BCUT2D eigenvalue weighted by Crippen LogP contribution is 2.33. The van der Waals surface area contributed by atoms with Crippen molar-refractivity contribution in [2.75, 3.05) is 0 Å². The van der Waals surface area contributed by atoms with Gasteiger partial charge in [-0.1, -0.05) is 12.1 Å². The van der Waals surface area contributed by atoms with Gasteiger partial charge < -0.3 is 9.67 Å². The predicted octanol–water partition coefficient (Wildman–Crippen LogP) is 1.37. The molecule has 0 saturated carbocycles. The number of aromatic nitrogens is 3. The molecule has 0 radical (unpaired) electrons. The monoisotopic (exact) mass is 266 g/mol. The Balaban J connectivity index is 2.34. The molecule has 0 spiro atoms. The van der Waals surface area contributed by atoms with Gasteiger partial charge in [-0.05, 0) is 17.8 Å². The molecule has 0 fully saturated rings. The molecular formula is C10H10N4O3S. The van der Waals surface area contributed by atoms with E-state index in [1.807, 2.05) is 0 Å². The van der Waals surface area contributed by atoms with Gasteiger partial charge in [0.25, 0.3) is 5.69 Å². The molecule has 94 valence electrons. The normalized spacial score (nSPS) is 10.6. The van der Waals surface area contributed by atoms with Crippen LogP contribution in [0.15, 0.2) is 34.3 Å². The number of para-hydroxylation sites is 1. The van der Waals surface area contributed by atoms with Crippen LogP contribution < -0.4 is 0 Å². The Morgan fingerprint density at radius 1 is 1.44 bits per heavy atom. The summed E-state index contributed by atoms with van der Waals surface area (Å²) in [4.78, 5) is 10.9. The van der Waals surface area contributed by atoms with Gasteiger partial charge in [0.05, 0.1) is 9.82 Å². The van der Waals surface area contributed by atoms with E-state index in [2.05, 4.69) is 10.2 Å². The lowest BCUT2D eigenvalue weighted by Crippen LogP contribution is -1.98. The van der Waals surface area contributed by atoms with Crippen molar-refractivity contribution >= 4 is 17.4 Å². The van der Waals surface area contributed by atoms with Crippen LogP contribution in [0.4, 0.5) is 5.69 Å². The van der Waals surface area contributed by atoms with Gasteiger partial charge in [0, 0.05) is 13.1 Å². The Hall–Kier alpha value is -1.93. The topological polar surface area (TPSA) is 94.1 Å². The number of hydrogen-bond donors (Lipinski definition) is 1. The van der Waals surface area contributed by atoms with Crippen LogP contribution in [0.3, 0.4) is 0 Å². The Morgan fingerprint density at radius 3 is 2.78 bits per heavy atom. The summed E-state index contributed by atoms with van der Waals surface area (Å²) in [6.07, 6.45) is 0. The van der Waals surface area contributed by atoms with E-state index in [0.29, 0.717) is 15.9 Å². The third-order valence-electron chi connectivity index (χ3n) is 2.33. The van der Waals surface area contributed by atoms with Crippen LogP contribution in [0.1, 0.15) is 5.82 Å². The van der Waals surface area contributed by atoms with Crippen molar-refractivity contribution in [1.29, 1.82) is 0 Å². The van der Waals surface area contributed by atoms with Crippen molar-refractivity contribution in [1.82, 2.24) is 14.8 Å². The first-order valence-electron chi connectivity index (χ1n) is 5.04. The summed E-state index contributed by atoms with van der Waals surface area (Å²) >= 11 is 1.14. The van der Waals surface area contributed by atoms with E-state index in [1.54, 1.807) is 29.8 Å². The second-order valence-electron chi connectivity index (χ2n) is 3.44. The summed E-state index contributed by atoms with van der Waals surface area (Å²) < 4.78 is 1.60. The van der Waals surface area contributed by atoms with Gasteiger partial charge in [-0.3, -0.25) is 10.1 Å². The van der Waals surface area contributed by atoms with Crippen LogP contribution in [-0.4, -0.2) is 24.8 Å². The molecule has 1 aromatic carbocycles. The van der Waals surface area contributed by atoms with Crippen molar-refractivity contribution in [3.05, 3.63) is 40.2 Å². The number of hydrogen-bond acceptors (Lipinski definition) is 6. The molecule has 2 aromatic rings. The van der Waals surface area contributed by atoms with Crippen molar-refractivity contribution in [3.63, 3.8) is 0 Å². The van der Waals surface area contributed by atoms with E-state index in [4.69, 9.17) is 5.11 Å². The number of nitro benzene ring substituents is 1. The molecule has 0 aliphatic heterocycles. The van der Waals surface area contributed by atoms with Crippen LogP contribution >= 0.6 is 11.8 Å². The van der Waals surface area contributed by atoms with Crippen molar-refractivity contribution in [3.8, 4) is 0 Å². The van der Waals surface area contributed by atoms with Crippen LogP contribution in [0.2, 0.25) is 0 Å². The zero-order valence-corrected chi connectivity index (χ0v) is 10.3. The maximum atomic E-state index is 10.9. The van der Waals surface area contributed by atoms with Gasteiger partial charge in [0.2, 0.25) is 0 Å². The van der Waals surface area contributed by atoms with E-state index < -0.39 is 4.92 Å². The predicted molar refractivity (Wildman–Crippen MR) is 64.1 cm³/mol. The quantitative estimate of drug-likeness (QED) is 0.663. The number of nitrogens with zero attached hydrogens (tertiary/aromatic N) is 4. The van der Waals surface area contributed by atoms with E-state index in [9.17, 15) is 10.1 Å². The highest BCUT2D eigenvalue weighted by Gasteiger charge is 2.17. The fourth-order valence-corrected chi connectivity index (χ4v) is 2.28. The summed E-state index contributed by atoms with van der Waals surface area (Å²) in [6.45, 7) is -0.221. The Kier molecular flexibility index (Phi) is 3.58. The number of aliphatic hydroxyl groups is 1. The molecule has 1 heterocycles. The second-order valence-corrected chi connectivity index (χ2v) is 4.45. The SMILES string of the molecule is Cn1c(CO)nnc1Sc1ccccc1[N+](=O)[O-]. The first-order chi connectivity index (χ1) is 8.63. The maximum absolute atomic E-state index is 10.9. The van der Waals surface area contributed by atoms with Crippen molar-refractivity contribution in [2.45, 2.75) is 16.7 Å².